The van der Waals surface area contributed by atoms with Crippen LogP contribution in [0.15, 0.2) is 52.1 Å². The summed E-state index contributed by atoms with van der Waals surface area (Å²) in [6.45, 7) is 1.49. The molecule has 3 aromatic rings. The maximum Gasteiger partial charge on any atom is 0.296 e. The number of carbonyl (C=O) groups is 1. The predicted molar refractivity (Wildman–Crippen MR) is 111 cm³/mol. The van der Waals surface area contributed by atoms with Crippen molar-refractivity contribution < 1.29 is 19.3 Å². The molecule has 0 saturated heterocycles. The number of methoxy groups -OCH3 is 1. The highest BCUT2D eigenvalue weighted by Gasteiger charge is 2.45. The van der Waals surface area contributed by atoms with Gasteiger partial charge < -0.3 is 9.84 Å². The van der Waals surface area contributed by atoms with Crippen LogP contribution in [0.5, 0.6) is 11.6 Å². The Labute approximate surface area is 180 Å². The van der Waals surface area contributed by atoms with Gasteiger partial charge >= 0.3 is 0 Å². The maximum absolute atomic E-state index is 13.0. The molecule has 148 valence electrons. The quantitative estimate of drug-likeness (QED) is 0.430. The van der Waals surface area contributed by atoms with Crippen LogP contribution >= 0.6 is 27.7 Å². The summed E-state index contributed by atoms with van der Waals surface area (Å²) in [5.41, 5.74) is 2.28. The van der Waals surface area contributed by atoms with Gasteiger partial charge in [0.25, 0.3) is 17.0 Å². The summed E-state index contributed by atoms with van der Waals surface area (Å²) >= 11 is 4.77. The molecule has 0 aliphatic carbocycles. The minimum absolute atomic E-state index is 0.181. The number of carbonyl (C=O) groups excluding carboxylic acids is 1. The fourth-order valence-electron chi connectivity index (χ4n) is 3.55. The van der Waals surface area contributed by atoms with Crippen LogP contribution in [0.2, 0.25) is 0 Å². The summed E-state index contributed by atoms with van der Waals surface area (Å²) in [4.78, 5) is 18.5. The van der Waals surface area contributed by atoms with Crippen LogP contribution in [-0.4, -0.2) is 29.4 Å². The Morgan fingerprint density at radius 2 is 2.07 bits per heavy atom. The van der Waals surface area contributed by atoms with Crippen molar-refractivity contribution in [2.45, 2.75) is 18.2 Å². The molecule has 2 aromatic carbocycles. The van der Waals surface area contributed by atoms with Gasteiger partial charge in [0.05, 0.1) is 29.8 Å². The lowest BCUT2D eigenvalue weighted by atomic mass is 10.0. The minimum atomic E-state index is -0.702. The molecule has 1 unspecified atom stereocenters. The number of hydrogen-bond donors (Lipinski definition) is 0. The Kier molecular flexibility index (Phi) is 5.18. The van der Waals surface area contributed by atoms with Crippen LogP contribution in [0.1, 0.15) is 18.7 Å². The van der Waals surface area contributed by atoms with Gasteiger partial charge in [0.2, 0.25) is 5.91 Å². The van der Waals surface area contributed by atoms with Crippen molar-refractivity contribution >= 4 is 39.3 Å². The summed E-state index contributed by atoms with van der Waals surface area (Å²) in [7, 11) is 1.57. The highest BCUT2D eigenvalue weighted by molar-refractivity contribution is 9.10. The first-order chi connectivity index (χ1) is 14.0. The first kappa shape index (κ1) is 19.7. The lowest BCUT2D eigenvalue weighted by molar-refractivity contribution is -0.764. The molecule has 2 heterocycles. The van der Waals surface area contributed by atoms with Gasteiger partial charge in [0.1, 0.15) is 5.75 Å². The molecule has 1 atom stereocenters. The van der Waals surface area contributed by atoms with Crippen molar-refractivity contribution in [3.05, 3.63) is 52.5 Å². The highest BCUT2D eigenvalue weighted by Crippen LogP contribution is 2.42. The molecule has 0 radical (unpaired) electrons. The molecule has 0 bridgehead atoms. The zero-order valence-corrected chi connectivity index (χ0v) is 18.3. The largest absolute Gasteiger partial charge is 0.854 e. The summed E-state index contributed by atoms with van der Waals surface area (Å²) in [6.07, 6.45) is 1.10. The van der Waals surface area contributed by atoms with E-state index in [-0.39, 0.29) is 11.8 Å². The van der Waals surface area contributed by atoms with Crippen molar-refractivity contribution in [2.75, 3.05) is 18.3 Å². The van der Waals surface area contributed by atoms with Gasteiger partial charge in [0.15, 0.2) is 0 Å². The lowest BCUT2D eigenvalue weighted by Crippen LogP contribution is -2.58. The Morgan fingerprint density at radius 3 is 2.76 bits per heavy atom. The van der Waals surface area contributed by atoms with Crippen LogP contribution in [0.3, 0.4) is 0 Å². The van der Waals surface area contributed by atoms with Gasteiger partial charge in [0, 0.05) is 16.5 Å². The van der Waals surface area contributed by atoms with E-state index in [4.69, 9.17) is 4.74 Å². The second-order valence-corrected chi connectivity index (χ2v) is 8.05. The number of anilines is 1. The molecule has 1 amide bonds. The summed E-state index contributed by atoms with van der Waals surface area (Å²) in [6, 6.07) is 12.8. The highest BCUT2D eigenvalue weighted by atomic mass is 79.9. The molecule has 0 N–H and O–H groups in total. The SMILES string of the molecule is COc1ccc(Br)cc1C1N(C(C)=O)c2ccccc2-c2c([O-])nc(SC)n[n+]21. The van der Waals surface area contributed by atoms with E-state index in [2.05, 4.69) is 26.0 Å². The smallest absolute Gasteiger partial charge is 0.296 e. The number of amides is 1. The van der Waals surface area contributed by atoms with Gasteiger partial charge in [-0.25, -0.2) is 9.88 Å². The number of thioether (sulfide) groups is 1. The zero-order chi connectivity index (χ0) is 20.7. The van der Waals surface area contributed by atoms with Gasteiger partial charge in [-0.1, -0.05) is 44.5 Å². The Morgan fingerprint density at radius 1 is 1.31 bits per heavy atom. The predicted octanol–water partition coefficient (Wildman–Crippen LogP) is 2.91. The Bertz CT molecular complexity index is 1120. The minimum Gasteiger partial charge on any atom is -0.854 e. The topological polar surface area (TPSA) is 82.3 Å². The van der Waals surface area contributed by atoms with Crippen molar-refractivity contribution in [3.8, 4) is 22.9 Å². The summed E-state index contributed by atoms with van der Waals surface area (Å²) in [5, 5.41) is 17.9. The molecule has 1 aliphatic heterocycles. The van der Waals surface area contributed by atoms with E-state index in [1.54, 1.807) is 29.0 Å². The maximum atomic E-state index is 13.0. The average molecular weight is 473 g/mol. The zero-order valence-electron chi connectivity index (χ0n) is 15.9. The summed E-state index contributed by atoms with van der Waals surface area (Å²) in [5.74, 6) is 0.0115. The molecule has 7 nitrogen and oxygen atoms in total. The first-order valence-corrected chi connectivity index (χ1v) is 10.8. The Hall–Kier alpha value is -2.65. The molecule has 0 fully saturated rings. The molecule has 29 heavy (non-hydrogen) atoms. The average Bonchev–Trinajstić information content (AvgIpc) is 2.71. The van der Waals surface area contributed by atoms with Crippen LogP contribution in [0.25, 0.3) is 11.3 Å². The number of fused-ring (bicyclic) bond motifs is 3. The number of halogens is 1. The standard InChI is InChI=1S/C20H17BrN4O3S/c1-11(26)24-15-7-5-4-6-13(15)17-18(27)22-20(29-3)23-25(17)19(24)14-10-12(21)8-9-16(14)28-2/h4-10,19H,1-3H3. The lowest BCUT2D eigenvalue weighted by Gasteiger charge is -2.33. The Balaban J connectivity index is 2.11. The number of benzene rings is 2. The van der Waals surface area contributed by atoms with E-state index < -0.39 is 6.17 Å². The third-order valence-corrected chi connectivity index (χ3v) is 5.74. The van der Waals surface area contributed by atoms with E-state index in [0.29, 0.717) is 33.4 Å². The van der Waals surface area contributed by atoms with Crippen molar-refractivity contribution in [1.82, 2.24) is 10.1 Å². The molecule has 9 heteroatoms. The van der Waals surface area contributed by atoms with Crippen LogP contribution in [0, 0.1) is 0 Å². The van der Waals surface area contributed by atoms with Crippen LogP contribution in [0.4, 0.5) is 5.69 Å². The number of nitrogens with zero attached hydrogens (tertiary/aromatic N) is 4. The number of rotatable bonds is 3. The fourth-order valence-corrected chi connectivity index (χ4v) is 4.27. The van der Waals surface area contributed by atoms with Gasteiger partial charge in [-0.05, 0) is 36.6 Å². The van der Waals surface area contributed by atoms with Crippen molar-refractivity contribution in [1.29, 1.82) is 0 Å². The van der Waals surface area contributed by atoms with Crippen LogP contribution in [-0.2, 0) is 4.79 Å². The van der Waals surface area contributed by atoms with Gasteiger partial charge in [-0.15, -0.1) is 0 Å². The van der Waals surface area contributed by atoms with Gasteiger partial charge in [-0.2, -0.15) is 0 Å². The molecule has 1 aliphatic rings. The second-order valence-electron chi connectivity index (χ2n) is 6.36. The molecule has 0 saturated carbocycles. The fraction of sp³-hybridized carbons (Fsp3) is 0.200. The second kappa shape index (κ2) is 7.64. The number of para-hydroxylation sites is 1. The molecule has 0 spiro atoms. The third-order valence-electron chi connectivity index (χ3n) is 4.71. The van der Waals surface area contributed by atoms with E-state index in [1.165, 1.54) is 18.7 Å². The number of hydrogen-bond acceptors (Lipinski definition) is 6. The van der Waals surface area contributed by atoms with E-state index in [1.807, 2.05) is 36.4 Å². The number of aromatic nitrogens is 3. The monoisotopic (exact) mass is 472 g/mol. The van der Waals surface area contributed by atoms with Crippen LogP contribution < -0.4 is 19.4 Å². The molecule has 1 aromatic heterocycles. The normalized spacial score (nSPS) is 14.9. The van der Waals surface area contributed by atoms with E-state index >= 15 is 0 Å². The molecule has 4 rings (SSSR count). The van der Waals surface area contributed by atoms with Gasteiger partial charge in [-0.3, -0.25) is 4.79 Å². The summed E-state index contributed by atoms with van der Waals surface area (Å²) < 4.78 is 7.97. The molecular weight excluding hydrogens is 456 g/mol. The van der Waals surface area contributed by atoms with E-state index in [9.17, 15) is 9.90 Å². The number of ether oxygens (including phenoxy) is 1. The first-order valence-electron chi connectivity index (χ1n) is 8.73. The molecular formula is C20H17BrN4O3S. The van der Waals surface area contributed by atoms with E-state index in [0.717, 1.165) is 4.47 Å². The van der Waals surface area contributed by atoms with Crippen molar-refractivity contribution in [2.24, 2.45) is 0 Å². The third kappa shape index (κ3) is 3.24. The van der Waals surface area contributed by atoms with Crippen molar-refractivity contribution in [3.63, 3.8) is 0 Å².